The Morgan fingerprint density at radius 2 is 2.00 bits per heavy atom. The summed E-state index contributed by atoms with van der Waals surface area (Å²) in [6.07, 6.45) is 1.90. The Balaban J connectivity index is 3.29. The zero-order chi connectivity index (χ0) is 13.9. The van der Waals surface area contributed by atoms with Crippen molar-refractivity contribution >= 4 is 5.91 Å². The second-order valence-electron chi connectivity index (χ2n) is 4.04. The molecule has 1 aromatic rings. The van der Waals surface area contributed by atoms with Crippen molar-refractivity contribution in [2.45, 2.75) is 20.3 Å². The van der Waals surface area contributed by atoms with E-state index in [-0.39, 0.29) is 5.69 Å². The normalized spacial score (nSPS) is 10.4. The van der Waals surface area contributed by atoms with Crippen LogP contribution in [0.3, 0.4) is 0 Å². The average Bonchev–Trinajstić information content (AvgIpc) is 2.33. The minimum Gasteiger partial charge on any atom is -0.503 e. The molecule has 0 aliphatic heterocycles. The summed E-state index contributed by atoms with van der Waals surface area (Å²) >= 11 is 0. The Kier molecular flexibility index (Phi) is 4.36. The van der Waals surface area contributed by atoms with Gasteiger partial charge in [-0.2, -0.15) is 0 Å². The van der Waals surface area contributed by atoms with E-state index < -0.39 is 22.8 Å². The van der Waals surface area contributed by atoms with E-state index >= 15 is 0 Å². The molecule has 0 atom stereocenters. The highest BCUT2D eigenvalue weighted by molar-refractivity contribution is 5.95. The van der Waals surface area contributed by atoms with Gasteiger partial charge in [-0.3, -0.25) is 9.59 Å². The van der Waals surface area contributed by atoms with Crippen LogP contribution in [0, 0.1) is 0 Å². The van der Waals surface area contributed by atoms with E-state index in [2.05, 4.69) is 0 Å². The van der Waals surface area contributed by atoms with Crippen molar-refractivity contribution in [2.75, 3.05) is 13.1 Å². The summed E-state index contributed by atoms with van der Waals surface area (Å²) in [7, 11) is 1.49. The third-order valence-electron chi connectivity index (χ3n) is 2.71. The zero-order valence-electron chi connectivity index (χ0n) is 10.8. The first-order chi connectivity index (χ1) is 8.43. The van der Waals surface area contributed by atoms with Gasteiger partial charge in [-0.05, 0) is 13.3 Å². The largest absolute Gasteiger partial charge is 0.503 e. The summed E-state index contributed by atoms with van der Waals surface area (Å²) in [4.78, 5) is 25.2. The van der Waals surface area contributed by atoms with Gasteiger partial charge >= 0.3 is 0 Å². The molecule has 18 heavy (non-hydrogen) atoms. The number of hydrogen-bond donors (Lipinski definition) is 2. The van der Waals surface area contributed by atoms with Gasteiger partial charge in [0.2, 0.25) is 0 Å². The van der Waals surface area contributed by atoms with Crippen LogP contribution in [0.5, 0.6) is 11.5 Å². The van der Waals surface area contributed by atoms with Crippen LogP contribution in [0.1, 0.15) is 30.8 Å². The molecule has 1 heterocycles. The quantitative estimate of drug-likeness (QED) is 0.827. The molecule has 1 aromatic heterocycles. The predicted molar refractivity (Wildman–Crippen MR) is 66.9 cm³/mol. The second kappa shape index (κ2) is 5.57. The third kappa shape index (κ3) is 2.47. The molecule has 0 saturated heterocycles. The van der Waals surface area contributed by atoms with Gasteiger partial charge in [0.15, 0.2) is 17.2 Å². The van der Waals surface area contributed by atoms with Crippen molar-refractivity contribution in [3.05, 3.63) is 22.1 Å². The summed E-state index contributed by atoms with van der Waals surface area (Å²) in [6.45, 7) is 4.79. The molecule has 0 saturated carbocycles. The van der Waals surface area contributed by atoms with Crippen molar-refractivity contribution in [3.8, 4) is 11.5 Å². The van der Waals surface area contributed by atoms with Crippen molar-refractivity contribution in [1.82, 2.24) is 9.47 Å². The highest BCUT2D eigenvalue weighted by Crippen LogP contribution is 2.17. The van der Waals surface area contributed by atoms with E-state index in [0.717, 1.165) is 12.6 Å². The van der Waals surface area contributed by atoms with Gasteiger partial charge in [0.05, 0.1) is 6.20 Å². The number of carbonyl (C=O) groups excluding carboxylic acids is 1. The monoisotopic (exact) mass is 254 g/mol. The fourth-order valence-corrected chi connectivity index (χ4v) is 1.78. The molecule has 1 amide bonds. The lowest BCUT2D eigenvalue weighted by atomic mass is 10.2. The number of nitrogens with zero attached hydrogens (tertiary/aromatic N) is 2. The molecular weight excluding hydrogens is 236 g/mol. The molecule has 0 unspecified atom stereocenters. The van der Waals surface area contributed by atoms with Gasteiger partial charge in [-0.15, -0.1) is 0 Å². The average molecular weight is 254 g/mol. The summed E-state index contributed by atoms with van der Waals surface area (Å²) in [5, 5.41) is 19.0. The molecule has 0 spiro atoms. The van der Waals surface area contributed by atoms with Gasteiger partial charge in [-0.1, -0.05) is 6.92 Å². The first kappa shape index (κ1) is 14.1. The molecule has 6 heteroatoms. The number of amides is 1. The van der Waals surface area contributed by atoms with Crippen LogP contribution in [-0.4, -0.2) is 38.7 Å². The first-order valence-corrected chi connectivity index (χ1v) is 5.84. The van der Waals surface area contributed by atoms with Crippen molar-refractivity contribution in [2.24, 2.45) is 7.05 Å². The lowest BCUT2D eigenvalue weighted by Crippen LogP contribution is -2.34. The minimum atomic E-state index is -0.927. The lowest BCUT2D eigenvalue weighted by molar-refractivity contribution is 0.0750. The maximum Gasteiger partial charge on any atom is 0.274 e. The van der Waals surface area contributed by atoms with Crippen LogP contribution in [-0.2, 0) is 7.05 Å². The van der Waals surface area contributed by atoms with Crippen LogP contribution in [0.2, 0.25) is 0 Å². The zero-order valence-corrected chi connectivity index (χ0v) is 10.8. The third-order valence-corrected chi connectivity index (χ3v) is 2.71. The summed E-state index contributed by atoms with van der Waals surface area (Å²) in [6, 6.07) is 0. The summed E-state index contributed by atoms with van der Waals surface area (Å²) in [5.74, 6) is -1.71. The van der Waals surface area contributed by atoms with Crippen LogP contribution in [0.25, 0.3) is 0 Å². The Morgan fingerprint density at radius 3 is 2.50 bits per heavy atom. The van der Waals surface area contributed by atoms with Gasteiger partial charge in [0.1, 0.15) is 0 Å². The van der Waals surface area contributed by atoms with Gasteiger partial charge in [0, 0.05) is 20.1 Å². The highest BCUT2D eigenvalue weighted by atomic mass is 16.3. The fourth-order valence-electron chi connectivity index (χ4n) is 1.78. The van der Waals surface area contributed by atoms with Gasteiger partial charge in [0.25, 0.3) is 11.3 Å². The van der Waals surface area contributed by atoms with Crippen LogP contribution in [0.15, 0.2) is 11.0 Å². The van der Waals surface area contributed by atoms with E-state index in [4.69, 9.17) is 0 Å². The molecule has 0 aromatic carbocycles. The van der Waals surface area contributed by atoms with Gasteiger partial charge < -0.3 is 19.7 Å². The topological polar surface area (TPSA) is 82.8 Å². The number of hydrogen-bond acceptors (Lipinski definition) is 4. The van der Waals surface area contributed by atoms with E-state index in [1.54, 1.807) is 0 Å². The van der Waals surface area contributed by atoms with E-state index in [1.807, 2.05) is 13.8 Å². The van der Waals surface area contributed by atoms with Gasteiger partial charge in [-0.25, -0.2) is 0 Å². The number of rotatable bonds is 4. The molecule has 0 fully saturated rings. The molecule has 100 valence electrons. The van der Waals surface area contributed by atoms with E-state index in [0.29, 0.717) is 13.1 Å². The summed E-state index contributed by atoms with van der Waals surface area (Å²) in [5.41, 5.74) is -1.03. The maximum atomic E-state index is 12.2. The molecule has 0 radical (unpaired) electrons. The Bertz CT molecular complexity index is 508. The van der Waals surface area contributed by atoms with Crippen molar-refractivity contribution in [3.63, 3.8) is 0 Å². The molecule has 2 N–H and O–H groups in total. The van der Waals surface area contributed by atoms with E-state index in [9.17, 15) is 19.8 Å². The molecule has 0 bridgehead atoms. The second-order valence-corrected chi connectivity index (χ2v) is 4.04. The van der Waals surface area contributed by atoms with Crippen LogP contribution in [0.4, 0.5) is 0 Å². The molecule has 1 rings (SSSR count). The maximum absolute atomic E-state index is 12.2. The first-order valence-electron chi connectivity index (χ1n) is 5.84. The molecule has 0 aliphatic rings. The number of pyridine rings is 1. The van der Waals surface area contributed by atoms with Crippen molar-refractivity contribution in [1.29, 1.82) is 0 Å². The SMILES string of the molecule is CCCN(CC)C(=O)c1c(O)c(=O)c(O)cn1C. The highest BCUT2D eigenvalue weighted by Gasteiger charge is 2.23. The number of carbonyl (C=O) groups is 1. The smallest absolute Gasteiger partial charge is 0.274 e. The summed E-state index contributed by atoms with van der Waals surface area (Å²) < 4.78 is 1.26. The number of aryl methyl sites for hydroxylation is 1. The van der Waals surface area contributed by atoms with E-state index in [1.165, 1.54) is 16.5 Å². The Hall–Kier alpha value is -1.98. The molecule has 0 aliphatic carbocycles. The number of aromatic hydroxyl groups is 2. The lowest BCUT2D eigenvalue weighted by Gasteiger charge is -2.21. The fraction of sp³-hybridized carbons (Fsp3) is 0.500. The molecule has 6 nitrogen and oxygen atoms in total. The van der Waals surface area contributed by atoms with Crippen molar-refractivity contribution < 1.29 is 15.0 Å². The number of aromatic nitrogens is 1. The predicted octanol–water partition coefficient (Wildman–Crippen LogP) is 0.669. The molecular formula is C12H18N2O4. The standard InChI is InChI=1S/C12H18N2O4/c1-4-6-14(5-2)12(18)9-11(17)10(16)8(15)7-13(9)3/h7,15,17H,4-6H2,1-3H3. The minimum absolute atomic E-state index is 0.104. The van der Waals surface area contributed by atoms with Crippen LogP contribution < -0.4 is 5.43 Å². The Labute approximate surface area is 105 Å². The van der Waals surface area contributed by atoms with Crippen LogP contribution >= 0.6 is 0 Å². The Morgan fingerprint density at radius 1 is 1.39 bits per heavy atom.